The summed E-state index contributed by atoms with van der Waals surface area (Å²) in [6, 6.07) is 5.22. The molecule has 0 radical (unpaired) electrons. The lowest BCUT2D eigenvalue weighted by Crippen LogP contribution is -2.44. The van der Waals surface area contributed by atoms with Crippen LogP contribution in [0.5, 0.6) is 0 Å². The quantitative estimate of drug-likeness (QED) is 0.820. The summed E-state index contributed by atoms with van der Waals surface area (Å²) in [6.45, 7) is 5.31. The maximum absolute atomic E-state index is 12.1. The van der Waals surface area contributed by atoms with E-state index in [9.17, 15) is 4.79 Å². The number of hydrogen-bond acceptors (Lipinski definition) is 3. The van der Waals surface area contributed by atoms with Crippen LogP contribution in [0.15, 0.2) is 18.2 Å². The van der Waals surface area contributed by atoms with Gasteiger partial charge in [-0.3, -0.25) is 4.79 Å². The number of amides is 1. The number of benzene rings is 1. The van der Waals surface area contributed by atoms with E-state index in [1.165, 1.54) is 0 Å². The van der Waals surface area contributed by atoms with Gasteiger partial charge in [-0.2, -0.15) is 0 Å². The van der Waals surface area contributed by atoms with Gasteiger partial charge in [-0.1, -0.05) is 18.5 Å². The van der Waals surface area contributed by atoms with Gasteiger partial charge in [-0.05, 0) is 37.6 Å². The normalized spacial score (nSPS) is 15.7. The molecular weight excluding hydrogens is 333 g/mol. The molecule has 2 rings (SSSR count). The molecular formula is C14H22Cl3N3O. The number of hydrogen-bond donors (Lipinski definition) is 2. The van der Waals surface area contributed by atoms with Crippen molar-refractivity contribution in [3.8, 4) is 0 Å². The van der Waals surface area contributed by atoms with Crippen molar-refractivity contribution in [3.05, 3.63) is 28.8 Å². The van der Waals surface area contributed by atoms with Crippen molar-refractivity contribution in [2.24, 2.45) is 0 Å². The Hall–Kier alpha value is -0.680. The third-order valence-electron chi connectivity index (χ3n) is 3.61. The largest absolute Gasteiger partial charge is 0.399 e. The Balaban J connectivity index is 0.00000200. The first kappa shape index (κ1) is 20.3. The van der Waals surface area contributed by atoms with Gasteiger partial charge in [0.05, 0.1) is 10.6 Å². The summed E-state index contributed by atoms with van der Waals surface area (Å²) in [7, 11) is 0. The maximum atomic E-state index is 12.1. The molecule has 0 bridgehead atoms. The molecule has 1 aromatic carbocycles. The molecule has 21 heavy (non-hydrogen) atoms. The predicted molar refractivity (Wildman–Crippen MR) is 93.0 cm³/mol. The van der Waals surface area contributed by atoms with Crippen LogP contribution in [0.25, 0.3) is 0 Å². The van der Waals surface area contributed by atoms with Crippen LogP contribution in [0.2, 0.25) is 5.02 Å². The van der Waals surface area contributed by atoms with Crippen molar-refractivity contribution in [1.29, 1.82) is 0 Å². The molecule has 0 saturated carbocycles. The molecule has 1 saturated heterocycles. The van der Waals surface area contributed by atoms with Crippen molar-refractivity contribution in [2.75, 3.05) is 25.4 Å². The smallest absolute Gasteiger partial charge is 0.253 e. The highest BCUT2D eigenvalue weighted by atomic mass is 35.5. The van der Waals surface area contributed by atoms with E-state index in [0.717, 1.165) is 32.5 Å². The zero-order valence-electron chi connectivity index (χ0n) is 12.0. The number of carbonyl (C=O) groups excluding carboxylic acids is 1. The zero-order chi connectivity index (χ0) is 13.8. The molecule has 7 heteroatoms. The minimum atomic E-state index is -0.111. The van der Waals surface area contributed by atoms with E-state index in [4.69, 9.17) is 17.3 Å². The van der Waals surface area contributed by atoms with Gasteiger partial charge in [0, 0.05) is 24.8 Å². The Kier molecular flexibility index (Phi) is 9.06. The van der Waals surface area contributed by atoms with Crippen molar-refractivity contribution in [3.63, 3.8) is 0 Å². The first-order chi connectivity index (χ1) is 9.10. The monoisotopic (exact) mass is 353 g/mol. The van der Waals surface area contributed by atoms with Crippen LogP contribution in [-0.4, -0.2) is 36.5 Å². The molecule has 4 nitrogen and oxygen atoms in total. The van der Waals surface area contributed by atoms with E-state index >= 15 is 0 Å². The van der Waals surface area contributed by atoms with Crippen LogP contribution in [0, 0.1) is 0 Å². The molecule has 1 amide bonds. The number of rotatable bonds is 3. The number of halogens is 3. The van der Waals surface area contributed by atoms with Crippen LogP contribution in [0.3, 0.4) is 0 Å². The number of piperidine rings is 1. The number of nitrogens with two attached hydrogens (primary N) is 1. The fourth-order valence-electron chi connectivity index (χ4n) is 2.37. The molecule has 1 aliphatic heterocycles. The highest BCUT2D eigenvalue weighted by Crippen LogP contribution is 2.20. The summed E-state index contributed by atoms with van der Waals surface area (Å²) >= 11 is 6.04. The van der Waals surface area contributed by atoms with Crippen LogP contribution in [-0.2, 0) is 0 Å². The molecule has 0 aliphatic carbocycles. The van der Waals surface area contributed by atoms with Crippen LogP contribution in [0.1, 0.15) is 30.1 Å². The first-order valence-corrected chi connectivity index (χ1v) is 7.06. The second kappa shape index (κ2) is 9.36. The van der Waals surface area contributed by atoms with Gasteiger partial charge in [0.1, 0.15) is 0 Å². The minimum Gasteiger partial charge on any atom is -0.399 e. The van der Waals surface area contributed by atoms with Crippen LogP contribution in [0.4, 0.5) is 5.69 Å². The van der Waals surface area contributed by atoms with Gasteiger partial charge in [0.15, 0.2) is 0 Å². The Labute approximate surface area is 143 Å². The van der Waals surface area contributed by atoms with E-state index < -0.39 is 0 Å². The lowest BCUT2D eigenvalue weighted by molar-refractivity contribution is 0.0913. The molecule has 0 spiro atoms. The Bertz CT molecular complexity index is 463. The van der Waals surface area contributed by atoms with Crippen molar-refractivity contribution >= 4 is 48.0 Å². The average molecular weight is 355 g/mol. The highest BCUT2D eigenvalue weighted by molar-refractivity contribution is 6.34. The number of likely N-dealkylation sites (tertiary alicyclic amines) is 1. The van der Waals surface area contributed by atoms with Crippen molar-refractivity contribution < 1.29 is 4.79 Å². The fourth-order valence-corrected chi connectivity index (χ4v) is 2.65. The third kappa shape index (κ3) is 5.55. The molecule has 0 aromatic heterocycles. The second-order valence-electron chi connectivity index (χ2n) is 4.92. The van der Waals surface area contributed by atoms with E-state index in [-0.39, 0.29) is 36.8 Å². The van der Waals surface area contributed by atoms with E-state index in [2.05, 4.69) is 17.1 Å². The standard InChI is InChI=1S/C14H20ClN3O.2ClH/c1-2-18-7-5-11(6-8-18)17-14(19)12-4-3-10(16)9-13(12)15;;/h3-4,9,11H,2,5-8,16H2,1H3,(H,17,19);2*1H. The summed E-state index contributed by atoms with van der Waals surface area (Å²) in [5.41, 5.74) is 6.68. The van der Waals surface area contributed by atoms with Gasteiger partial charge in [-0.25, -0.2) is 0 Å². The SMILES string of the molecule is CCN1CCC(NC(=O)c2ccc(N)cc2Cl)CC1.Cl.Cl. The van der Waals surface area contributed by atoms with Crippen LogP contribution < -0.4 is 11.1 Å². The first-order valence-electron chi connectivity index (χ1n) is 6.68. The molecule has 1 fully saturated rings. The molecule has 0 unspecified atom stereocenters. The number of anilines is 1. The third-order valence-corrected chi connectivity index (χ3v) is 3.92. The number of nitrogens with one attached hydrogen (secondary N) is 1. The summed E-state index contributed by atoms with van der Waals surface area (Å²) in [6.07, 6.45) is 1.98. The molecule has 1 heterocycles. The highest BCUT2D eigenvalue weighted by Gasteiger charge is 2.21. The van der Waals surface area contributed by atoms with Gasteiger partial charge in [-0.15, -0.1) is 24.8 Å². The second-order valence-corrected chi connectivity index (χ2v) is 5.33. The minimum absolute atomic E-state index is 0. The van der Waals surface area contributed by atoms with E-state index in [0.29, 0.717) is 16.3 Å². The summed E-state index contributed by atoms with van der Waals surface area (Å²) in [5, 5.41) is 3.46. The summed E-state index contributed by atoms with van der Waals surface area (Å²) < 4.78 is 0. The number of nitrogen functional groups attached to an aromatic ring is 1. The van der Waals surface area contributed by atoms with Crippen molar-refractivity contribution in [2.45, 2.75) is 25.8 Å². The maximum Gasteiger partial charge on any atom is 0.253 e. The lowest BCUT2D eigenvalue weighted by Gasteiger charge is -2.31. The molecule has 1 aliphatic rings. The summed E-state index contributed by atoms with van der Waals surface area (Å²) in [4.78, 5) is 14.5. The van der Waals surface area contributed by atoms with E-state index in [1.807, 2.05) is 0 Å². The van der Waals surface area contributed by atoms with E-state index in [1.54, 1.807) is 18.2 Å². The predicted octanol–water partition coefficient (Wildman–Crippen LogP) is 2.98. The number of nitrogens with zero attached hydrogens (tertiary/aromatic N) is 1. The van der Waals surface area contributed by atoms with Crippen LogP contribution >= 0.6 is 36.4 Å². The molecule has 1 aromatic rings. The zero-order valence-corrected chi connectivity index (χ0v) is 14.4. The lowest BCUT2D eigenvalue weighted by atomic mass is 10.0. The molecule has 120 valence electrons. The van der Waals surface area contributed by atoms with Gasteiger partial charge in [0.2, 0.25) is 0 Å². The van der Waals surface area contributed by atoms with Gasteiger partial charge < -0.3 is 16.0 Å². The molecule has 0 atom stereocenters. The number of carbonyl (C=O) groups is 1. The Morgan fingerprint density at radius 1 is 1.38 bits per heavy atom. The summed E-state index contributed by atoms with van der Waals surface area (Å²) in [5.74, 6) is -0.111. The average Bonchev–Trinajstić information content (AvgIpc) is 2.39. The van der Waals surface area contributed by atoms with Gasteiger partial charge >= 0.3 is 0 Å². The topological polar surface area (TPSA) is 58.4 Å². The Morgan fingerprint density at radius 3 is 2.52 bits per heavy atom. The Morgan fingerprint density at radius 2 is 2.00 bits per heavy atom. The van der Waals surface area contributed by atoms with Gasteiger partial charge in [0.25, 0.3) is 5.91 Å². The molecule has 3 N–H and O–H groups in total. The fraction of sp³-hybridized carbons (Fsp3) is 0.500. The van der Waals surface area contributed by atoms with Crippen molar-refractivity contribution in [1.82, 2.24) is 10.2 Å².